The average molecular weight is 537 g/mol. The number of alkyl halides is 2. The maximum absolute atomic E-state index is 13.6. The summed E-state index contributed by atoms with van der Waals surface area (Å²) in [6, 6.07) is 8.40. The number of rotatable bonds is 8. The molecule has 9 nitrogen and oxygen atoms in total. The Morgan fingerprint density at radius 1 is 1.03 bits per heavy atom. The highest BCUT2D eigenvalue weighted by atomic mass is 32.2. The highest BCUT2D eigenvalue weighted by Crippen LogP contribution is 2.39. The number of nitrogens with two attached hydrogens (primary N) is 1. The molecule has 2 N–H and O–H groups in total. The van der Waals surface area contributed by atoms with E-state index in [0.29, 0.717) is 60.8 Å². The van der Waals surface area contributed by atoms with E-state index in [4.69, 9.17) is 10.5 Å². The first kappa shape index (κ1) is 26.8. The Labute approximate surface area is 213 Å². The van der Waals surface area contributed by atoms with Crippen LogP contribution in [0, 0.1) is 12.7 Å². The van der Waals surface area contributed by atoms with Gasteiger partial charge >= 0.3 is 0 Å². The molecule has 0 aliphatic carbocycles. The lowest BCUT2D eigenvalue weighted by atomic mass is 9.99. The Hall–Kier alpha value is -3.29. The van der Waals surface area contributed by atoms with E-state index in [1.807, 2.05) is 0 Å². The molecule has 0 bridgehead atoms. The molecule has 37 heavy (non-hydrogen) atoms. The summed E-state index contributed by atoms with van der Waals surface area (Å²) in [6.07, 6.45) is -1.61. The zero-order chi connectivity index (χ0) is 26.7. The fourth-order valence-corrected chi connectivity index (χ4v) is 4.97. The Morgan fingerprint density at radius 2 is 1.70 bits per heavy atom. The summed E-state index contributed by atoms with van der Waals surface area (Å²) in [5.41, 5.74) is 7.42. The highest BCUT2D eigenvalue weighted by molar-refractivity contribution is 7.88. The SMILES string of the molecule is Cc1cc(-c2c(OCCN3CCN(S(C)(=O)=O)CC3)nc(N)nc2-c2ccc(F)cc2)cc(C(F)F)n1. The summed E-state index contributed by atoms with van der Waals surface area (Å²) >= 11 is 0. The number of piperazine rings is 1. The van der Waals surface area contributed by atoms with Gasteiger partial charge in [-0.15, -0.1) is 0 Å². The van der Waals surface area contributed by atoms with Crippen LogP contribution in [0.2, 0.25) is 0 Å². The first-order chi connectivity index (χ1) is 17.5. The van der Waals surface area contributed by atoms with Crippen molar-refractivity contribution >= 4 is 16.0 Å². The van der Waals surface area contributed by atoms with Crippen molar-refractivity contribution in [3.63, 3.8) is 0 Å². The van der Waals surface area contributed by atoms with Crippen molar-refractivity contribution in [2.45, 2.75) is 13.3 Å². The van der Waals surface area contributed by atoms with E-state index < -0.39 is 28.0 Å². The summed E-state index contributed by atoms with van der Waals surface area (Å²) in [7, 11) is -3.24. The standard InChI is InChI=1S/C24H27F3N6O3S/c1-15-13-17(14-19(29-15)22(26)27)20-21(16-3-5-18(25)6-4-16)30-24(28)31-23(20)36-12-11-32-7-9-33(10-8-32)37(2,34)35/h3-6,13-14,22H,7-12H2,1-2H3,(H2,28,30,31). The number of halogens is 3. The first-order valence-corrected chi connectivity index (χ1v) is 13.4. The van der Waals surface area contributed by atoms with Gasteiger partial charge in [0.2, 0.25) is 21.9 Å². The smallest absolute Gasteiger partial charge is 0.280 e. The third-order valence-corrected chi connectivity index (χ3v) is 7.25. The number of sulfonamides is 1. The number of aromatic nitrogens is 3. The Balaban J connectivity index is 1.66. The quantitative estimate of drug-likeness (QED) is 0.467. The summed E-state index contributed by atoms with van der Waals surface area (Å²) in [5.74, 6) is -0.452. The molecule has 1 aliphatic rings. The van der Waals surface area contributed by atoms with Gasteiger partial charge in [-0.05, 0) is 48.9 Å². The highest BCUT2D eigenvalue weighted by Gasteiger charge is 2.24. The fourth-order valence-electron chi connectivity index (χ4n) is 4.14. The number of ether oxygens (including phenoxy) is 1. The van der Waals surface area contributed by atoms with Crippen molar-refractivity contribution in [3.05, 3.63) is 53.6 Å². The molecule has 0 radical (unpaired) electrons. The molecule has 3 aromatic rings. The molecule has 0 amide bonds. The Kier molecular flexibility index (Phi) is 7.95. The minimum absolute atomic E-state index is 0.0902. The number of benzene rings is 1. The van der Waals surface area contributed by atoms with Gasteiger partial charge in [-0.2, -0.15) is 9.29 Å². The summed E-state index contributed by atoms with van der Waals surface area (Å²) in [4.78, 5) is 14.5. The van der Waals surface area contributed by atoms with Gasteiger partial charge in [-0.3, -0.25) is 9.88 Å². The molecular weight excluding hydrogens is 509 g/mol. The van der Waals surface area contributed by atoms with Crippen molar-refractivity contribution in [1.82, 2.24) is 24.2 Å². The third-order valence-electron chi connectivity index (χ3n) is 5.94. The van der Waals surface area contributed by atoms with Crippen molar-refractivity contribution in [3.8, 4) is 28.3 Å². The minimum atomic E-state index is -3.24. The number of pyridine rings is 1. The molecule has 198 valence electrons. The van der Waals surface area contributed by atoms with Crippen LogP contribution in [0.5, 0.6) is 5.88 Å². The molecule has 3 heterocycles. The van der Waals surface area contributed by atoms with E-state index >= 15 is 0 Å². The average Bonchev–Trinajstić information content (AvgIpc) is 2.83. The van der Waals surface area contributed by atoms with Gasteiger partial charge in [0.15, 0.2) is 0 Å². The number of hydrogen-bond donors (Lipinski definition) is 1. The molecule has 1 fully saturated rings. The van der Waals surface area contributed by atoms with E-state index in [-0.39, 0.29) is 18.4 Å². The van der Waals surface area contributed by atoms with Crippen LogP contribution in [0.15, 0.2) is 36.4 Å². The van der Waals surface area contributed by atoms with Crippen LogP contribution in [0.1, 0.15) is 17.8 Å². The number of hydrogen-bond acceptors (Lipinski definition) is 8. The van der Waals surface area contributed by atoms with E-state index in [0.717, 1.165) is 0 Å². The monoisotopic (exact) mass is 536 g/mol. The van der Waals surface area contributed by atoms with Gasteiger partial charge < -0.3 is 10.5 Å². The molecule has 0 unspecified atom stereocenters. The Bertz CT molecular complexity index is 1360. The zero-order valence-corrected chi connectivity index (χ0v) is 21.2. The van der Waals surface area contributed by atoms with E-state index in [1.54, 1.807) is 13.0 Å². The van der Waals surface area contributed by atoms with Crippen molar-refractivity contribution in [2.75, 3.05) is 51.3 Å². The molecule has 1 aromatic carbocycles. The molecule has 0 atom stereocenters. The van der Waals surface area contributed by atoms with Crippen molar-refractivity contribution in [1.29, 1.82) is 0 Å². The lowest BCUT2D eigenvalue weighted by Gasteiger charge is -2.33. The van der Waals surface area contributed by atoms with Crippen LogP contribution in [-0.2, 0) is 10.0 Å². The first-order valence-electron chi connectivity index (χ1n) is 11.5. The second-order valence-corrected chi connectivity index (χ2v) is 10.7. The molecule has 2 aromatic heterocycles. The van der Waals surface area contributed by atoms with Gasteiger partial charge in [0.05, 0.1) is 17.5 Å². The van der Waals surface area contributed by atoms with Crippen LogP contribution in [0.4, 0.5) is 19.1 Å². The molecule has 0 spiro atoms. The normalized spacial score (nSPS) is 15.3. The van der Waals surface area contributed by atoms with Crippen LogP contribution in [0.25, 0.3) is 22.4 Å². The van der Waals surface area contributed by atoms with Gasteiger partial charge in [-0.1, -0.05) is 0 Å². The van der Waals surface area contributed by atoms with Crippen LogP contribution < -0.4 is 10.5 Å². The third kappa shape index (κ3) is 6.53. The number of aryl methyl sites for hydroxylation is 1. The zero-order valence-electron chi connectivity index (χ0n) is 20.4. The van der Waals surface area contributed by atoms with Gasteiger partial charge in [0.1, 0.15) is 18.1 Å². The van der Waals surface area contributed by atoms with Crippen LogP contribution >= 0.6 is 0 Å². The number of nitrogens with zero attached hydrogens (tertiary/aromatic N) is 5. The van der Waals surface area contributed by atoms with Gasteiger partial charge in [-0.25, -0.2) is 26.6 Å². The van der Waals surface area contributed by atoms with Crippen LogP contribution in [0.3, 0.4) is 0 Å². The second-order valence-electron chi connectivity index (χ2n) is 8.69. The maximum Gasteiger partial charge on any atom is 0.280 e. The molecular formula is C24H27F3N6O3S. The molecule has 1 aliphatic heterocycles. The number of anilines is 1. The lowest BCUT2D eigenvalue weighted by molar-refractivity contribution is 0.146. The molecule has 13 heteroatoms. The van der Waals surface area contributed by atoms with E-state index in [1.165, 1.54) is 40.9 Å². The van der Waals surface area contributed by atoms with E-state index in [2.05, 4.69) is 19.9 Å². The predicted octanol–water partition coefficient (Wildman–Crippen LogP) is 3.13. The van der Waals surface area contributed by atoms with Gasteiger partial charge in [0, 0.05) is 44.0 Å². The predicted molar refractivity (Wildman–Crippen MR) is 133 cm³/mol. The maximum atomic E-state index is 13.6. The Morgan fingerprint density at radius 3 is 2.32 bits per heavy atom. The van der Waals surface area contributed by atoms with Crippen molar-refractivity contribution in [2.24, 2.45) is 0 Å². The number of nitrogen functional groups attached to an aromatic ring is 1. The lowest BCUT2D eigenvalue weighted by Crippen LogP contribution is -2.49. The van der Waals surface area contributed by atoms with E-state index in [9.17, 15) is 21.6 Å². The summed E-state index contributed by atoms with van der Waals surface area (Å²) < 4.78 is 71.6. The summed E-state index contributed by atoms with van der Waals surface area (Å²) in [6.45, 7) is 4.09. The molecule has 0 saturated carbocycles. The fraction of sp³-hybridized carbons (Fsp3) is 0.375. The van der Waals surface area contributed by atoms with Gasteiger partial charge in [0.25, 0.3) is 6.43 Å². The molecule has 4 rings (SSSR count). The largest absolute Gasteiger partial charge is 0.476 e. The second kappa shape index (κ2) is 11.0. The van der Waals surface area contributed by atoms with Crippen LogP contribution in [-0.4, -0.2) is 78.2 Å². The van der Waals surface area contributed by atoms with Crippen molar-refractivity contribution < 1.29 is 26.3 Å². The topological polar surface area (TPSA) is 115 Å². The summed E-state index contributed by atoms with van der Waals surface area (Å²) in [5, 5.41) is 0. The minimum Gasteiger partial charge on any atom is -0.476 e. The molecule has 1 saturated heterocycles.